The fraction of sp³-hybridized carbons (Fsp3) is 0.550. The Kier molecular flexibility index (Phi) is 4.40. The molecular formula is C20H24ClNO2. The van der Waals surface area contributed by atoms with E-state index in [9.17, 15) is 4.79 Å². The number of carbonyl (C=O) groups excluding carboxylic acids is 1. The number of hydrogen-bond donors (Lipinski definition) is 0. The van der Waals surface area contributed by atoms with Crippen molar-refractivity contribution in [3.05, 3.63) is 47.0 Å². The molecule has 3 nitrogen and oxygen atoms in total. The van der Waals surface area contributed by atoms with Crippen molar-refractivity contribution in [3.8, 4) is 0 Å². The van der Waals surface area contributed by atoms with Gasteiger partial charge in [-0.25, -0.2) is 0 Å². The molecule has 128 valence electrons. The van der Waals surface area contributed by atoms with Gasteiger partial charge < -0.3 is 9.64 Å². The van der Waals surface area contributed by atoms with E-state index >= 15 is 0 Å². The molecular weight excluding hydrogens is 322 g/mol. The molecule has 0 saturated carbocycles. The standard InChI is InChI=1S/C20H24ClNO2/c21-18-7-3-6-17(12-18)20(8-10-24-11-9-20)19(23)22-13-15-4-1-2-5-16(15)14-22/h1-3,6-7,12,15-16H,4-5,8-11,13-14H2. The molecule has 4 rings (SSSR count). The third-order valence-electron chi connectivity index (χ3n) is 6.04. The van der Waals surface area contributed by atoms with Gasteiger partial charge >= 0.3 is 0 Å². The van der Waals surface area contributed by atoms with E-state index in [0.29, 0.717) is 30.1 Å². The van der Waals surface area contributed by atoms with Crippen molar-refractivity contribution >= 4 is 17.5 Å². The lowest BCUT2D eigenvalue weighted by Gasteiger charge is -2.39. The van der Waals surface area contributed by atoms with Crippen LogP contribution in [0, 0.1) is 11.8 Å². The summed E-state index contributed by atoms with van der Waals surface area (Å²) in [4.78, 5) is 15.7. The quantitative estimate of drug-likeness (QED) is 0.763. The van der Waals surface area contributed by atoms with Gasteiger partial charge in [-0.1, -0.05) is 35.9 Å². The fourth-order valence-corrected chi connectivity index (χ4v) is 4.81. The zero-order chi connectivity index (χ0) is 16.6. The first-order valence-electron chi connectivity index (χ1n) is 8.97. The van der Waals surface area contributed by atoms with Crippen molar-refractivity contribution in [3.63, 3.8) is 0 Å². The van der Waals surface area contributed by atoms with Gasteiger partial charge in [-0.2, -0.15) is 0 Å². The second kappa shape index (κ2) is 6.53. The second-order valence-electron chi connectivity index (χ2n) is 7.38. The van der Waals surface area contributed by atoms with E-state index in [4.69, 9.17) is 16.3 Å². The van der Waals surface area contributed by atoms with E-state index in [1.807, 2.05) is 18.2 Å². The summed E-state index contributed by atoms with van der Waals surface area (Å²) in [6, 6.07) is 7.85. The molecule has 2 fully saturated rings. The number of fused-ring (bicyclic) bond motifs is 1. The van der Waals surface area contributed by atoms with Crippen molar-refractivity contribution in [1.29, 1.82) is 0 Å². The maximum Gasteiger partial charge on any atom is 0.233 e. The van der Waals surface area contributed by atoms with Crippen LogP contribution in [0.5, 0.6) is 0 Å². The summed E-state index contributed by atoms with van der Waals surface area (Å²) in [6.07, 6.45) is 8.27. The number of rotatable bonds is 2. The summed E-state index contributed by atoms with van der Waals surface area (Å²) in [5.74, 6) is 1.55. The molecule has 0 N–H and O–H groups in total. The number of nitrogens with zero attached hydrogens (tertiary/aromatic N) is 1. The predicted molar refractivity (Wildman–Crippen MR) is 95.1 cm³/mol. The molecule has 24 heavy (non-hydrogen) atoms. The summed E-state index contributed by atoms with van der Waals surface area (Å²) in [5.41, 5.74) is 0.584. The Morgan fingerprint density at radius 2 is 1.79 bits per heavy atom. The molecule has 2 saturated heterocycles. The van der Waals surface area contributed by atoms with Crippen LogP contribution < -0.4 is 0 Å². The van der Waals surface area contributed by atoms with Gasteiger partial charge in [0, 0.05) is 31.3 Å². The monoisotopic (exact) mass is 345 g/mol. The number of ether oxygens (including phenoxy) is 1. The molecule has 3 aliphatic rings. The van der Waals surface area contributed by atoms with E-state index in [-0.39, 0.29) is 5.91 Å². The van der Waals surface area contributed by atoms with Crippen LogP contribution in [0.15, 0.2) is 36.4 Å². The van der Waals surface area contributed by atoms with E-state index in [0.717, 1.165) is 44.3 Å². The van der Waals surface area contributed by atoms with E-state index in [2.05, 4.69) is 23.1 Å². The normalized spacial score (nSPS) is 28.6. The Morgan fingerprint density at radius 1 is 1.12 bits per heavy atom. The number of hydrogen-bond acceptors (Lipinski definition) is 2. The maximum absolute atomic E-state index is 13.6. The molecule has 2 atom stereocenters. The van der Waals surface area contributed by atoms with Gasteiger partial charge in [-0.3, -0.25) is 4.79 Å². The van der Waals surface area contributed by atoms with Gasteiger partial charge in [0.15, 0.2) is 0 Å². The Balaban J connectivity index is 1.63. The second-order valence-corrected chi connectivity index (χ2v) is 7.81. The van der Waals surface area contributed by atoms with Crippen LogP contribution in [-0.4, -0.2) is 37.1 Å². The third-order valence-corrected chi connectivity index (χ3v) is 6.28. The van der Waals surface area contributed by atoms with Gasteiger partial charge in [0.25, 0.3) is 0 Å². The van der Waals surface area contributed by atoms with Crippen molar-refractivity contribution in [2.45, 2.75) is 31.1 Å². The number of carbonyl (C=O) groups is 1. The average molecular weight is 346 g/mol. The molecule has 1 aliphatic carbocycles. The van der Waals surface area contributed by atoms with Gasteiger partial charge in [-0.05, 0) is 55.2 Å². The number of allylic oxidation sites excluding steroid dienone is 2. The Bertz CT molecular complexity index is 635. The number of halogens is 1. The first-order chi connectivity index (χ1) is 11.7. The van der Waals surface area contributed by atoms with Gasteiger partial charge in [0.1, 0.15) is 0 Å². The minimum absolute atomic E-state index is 0.280. The predicted octanol–water partition coefficient (Wildman–Crippen LogP) is 3.81. The van der Waals surface area contributed by atoms with Crippen LogP contribution in [0.25, 0.3) is 0 Å². The molecule has 2 aliphatic heterocycles. The molecule has 1 amide bonds. The molecule has 1 aromatic rings. The Labute approximate surface area is 148 Å². The van der Waals surface area contributed by atoms with Gasteiger partial charge in [0.2, 0.25) is 5.91 Å². The zero-order valence-electron chi connectivity index (χ0n) is 13.9. The minimum atomic E-state index is -0.468. The van der Waals surface area contributed by atoms with Gasteiger partial charge in [-0.15, -0.1) is 0 Å². The van der Waals surface area contributed by atoms with E-state index in [1.54, 1.807) is 0 Å². The van der Waals surface area contributed by atoms with Crippen LogP contribution in [0.1, 0.15) is 31.2 Å². The first kappa shape index (κ1) is 16.2. The maximum atomic E-state index is 13.6. The summed E-state index contributed by atoms with van der Waals surface area (Å²) >= 11 is 6.23. The number of benzene rings is 1. The van der Waals surface area contributed by atoms with Crippen molar-refractivity contribution in [2.75, 3.05) is 26.3 Å². The topological polar surface area (TPSA) is 29.5 Å². The Hall–Kier alpha value is -1.32. The molecule has 0 bridgehead atoms. The highest BCUT2D eigenvalue weighted by molar-refractivity contribution is 6.30. The molecule has 2 heterocycles. The highest BCUT2D eigenvalue weighted by Crippen LogP contribution is 2.41. The largest absolute Gasteiger partial charge is 0.381 e. The van der Waals surface area contributed by atoms with Crippen LogP contribution in [0.2, 0.25) is 5.02 Å². The summed E-state index contributed by atoms with van der Waals surface area (Å²) in [5, 5.41) is 0.699. The first-order valence-corrected chi connectivity index (χ1v) is 9.35. The summed E-state index contributed by atoms with van der Waals surface area (Å²) in [7, 11) is 0. The van der Waals surface area contributed by atoms with Crippen LogP contribution >= 0.6 is 11.6 Å². The van der Waals surface area contributed by atoms with Crippen LogP contribution in [-0.2, 0) is 14.9 Å². The van der Waals surface area contributed by atoms with Crippen molar-refractivity contribution in [2.24, 2.45) is 11.8 Å². The molecule has 2 unspecified atom stereocenters. The molecule has 0 spiro atoms. The van der Waals surface area contributed by atoms with E-state index in [1.165, 1.54) is 0 Å². The lowest BCUT2D eigenvalue weighted by atomic mass is 9.73. The van der Waals surface area contributed by atoms with Crippen molar-refractivity contribution < 1.29 is 9.53 Å². The lowest BCUT2D eigenvalue weighted by Crippen LogP contribution is -2.49. The number of amides is 1. The smallest absolute Gasteiger partial charge is 0.233 e. The van der Waals surface area contributed by atoms with E-state index < -0.39 is 5.41 Å². The average Bonchev–Trinajstić information content (AvgIpc) is 3.06. The lowest BCUT2D eigenvalue weighted by molar-refractivity contribution is -0.140. The SMILES string of the molecule is O=C(N1CC2CC=CCC2C1)C1(c2cccc(Cl)c2)CCOCC1. The molecule has 4 heteroatoms. The van der Waals surface area contributed by atoms with Gasteiger partial charge in [0.05, 0.1) is 5.41 Å². The molecule has 0 aromatic heterocycles. The Morgan fingerprint density at radius 3 is 2.42 bits per heavy atom. The van der Waals surface area contributed by atoms with Crippen LogP contribution in [0.4, 0.5) is 0 Å². The third kappa shape index (κ3) is 2.78. The van der Waals surface area contributed by atoms with Crippen molar-refractivity contribution in [1.82, 2.24) is 4.90 Å². The minimum Gasteiger partial charge on any atom is -0.381 e. The summed E-state index contributed by atoms with van der Waals surface area (Å²) in [6.45, 7) is 3.08. The highest BCUT2D eigenvalue weighted by atomic mass is 35.5. The highest BCUT2D eigenvalue weighted by Gasteiger charge is 2.47. The van der Waals surface area contributed by atoms with Crippen LogP contribution in [0.3, 0.4) is 0 Å². The fourth-order valence-electron chi connectivity index (χ4n) is 4.62. The zero-order valence-corrected chi connectivity index (χ0v) is 14.7. The molecule has 1 aromatic carbocycles. The summed E-state index contributed by atoms with van der Waals surface area (Å²) < 4.78 is 5.57. The number of likely N-dealkylation sites (tertiary alicyclic amines) is 1. The molecule has 0 radical (unpaired) electrons.